The van der Waals surface area contributed by atoms with Crippen LogP contribution in [0.2, 0.25) is 0 Å². The summed E-state index contributed by atoms with van der Waals surface area (Å²) in [6, 6.07) is 8.56. The highest BCUT2D eigenvalue weighted by Gasteiger charge is 2.71. The molecule has 3 fully saturated rings. The van der Waals surface area contributed by atoms with E-state index in [2.05, 4.69) is 31.2 Å². The smallest absolute Gasteiger partial charge is 0.323 e. The van der Waals surface area contributed by atoms with Crippen molar-refractivity contribution in [2.24, 2.45) is 11.1 Å². The summed E-state index contributed by atoms with van der Waals surface area (Å²) in [7, 11) is 1.41. The molecule has 0 aromatic heterocycles. The second-order valence-electron chi connectivity index (χ2n) is 6.62. The zero-order valence-corrected chi connectivity index (χ0v) is 12.3. The van der Waals surface area contributed by atoms with E-state index in [-0.39, 0.29) is 16.8 Å². The molecule has 1 unspecified atom stereocenters. The molecule has 0 heterocycles. The van der Waals surface area contributed by atoms with Crippen molar-refractivity contribution in [1.29, 1.82) is 0 Å². The summed E-state index contributed by atoms with van der Waals surface area (Å²) in [6.45, 7) is 2.20. The van der Waals surface area contributed by atoms with E-state index in [9.17, 15) is 4.79 Å². The molecule has 1 atom stereocenters. The standard InChI is InChI=1S/C17H23NO2/c1-3-4-12-5-7-13(8-6-12)16-9-17(10-16,11-16)14(18)15(19)20-2/h5-8,14H,3-4,9-11,18H2,1-2H3. The van der Waals surface area contributed by atoms with Crippen molar-refractivity contribution in [1.82, 2.24) is 0 Å². The molecule has 0 spiro atoms. The van der Waals surface area contributed by atoms with Gasteiger partial charge in [0.1, 0.15) is 6.04 Å². The number of benzene rings is 1. The first-order chi connectivity index (χ1) is 9.55. The van der Waals surface area contributed by atoms with E-state index in [1.165, 1.54) is 24.7 Å². The Kier molecular flexibility index (Phi) is 3.13. The van der Waals surface area contributed by atoms with Crippen LogP contribution in [0.5, 0.6) is 0 Å². The molecule has 3 heteroatoms. The lowest BCUT2D eigenvalue weighted by molar-refractivity contribution is -0.181. The number of ether oxygens (including phenoxy) is 1. The predicted molar refractivity (Wildman–Crippen MR) is 78.4 cm³/mol. The molecule has 20 heavy (non-hydrogen) atoms. The molecule has 3 aliphatic rings. The van der Waals surface area contributed by atoms with E-state index in [0.29, 0.717) is 0 Å². The third-order valence-electron chi connectivity index (χ3n) is 5.29. The van der Waals surface area contributed by atoms with Gasteiger partial charge >= 0.3 is 5.97 Å². The maximum absolute atomic E-state index is 11.6. The number of nitrogens with two attached hydrogens (primary N) is 1. The molecule has 1 aromatic carbocycles. The van der Waals surface area contributed by atoms with Crippen LogP contribution in [0.1, 0.15) is 43.7 Å². The van der Waals surface area contributed by atoms with Crippen LogP contribution in [-0.2, 0) is 21.4 Å². The largest absolute Gasteiger partial charge is 0.468 e. The first-order valence-corrected chi connectivity index (χ1v) is 7.48. The van der Waals surface area contributed by atoms with Gasteiger partial charge in [-0.15, -0.1) is 0 Å². The lowest BCUT2D eigenvalue weighted by atomic mass is 9.31. The molecule has 108 valence electrons. The van der Waals surface area contributed by atoms with E-state index >= 15 is 0 Å². The Morgan fingerprint density at radius 3 is 2.40 bits per heavy atom. The number of carbonyl (C=O) groups excluding carboxylic acids is 1. The third-order valence-corrected chi connectivity index (χ3v) is 5.29. The molecule has 0 radical (unpaired) electrons. The Labute approximate surface area is 120 Å². The van der Waals surface area contributed by atoms with Gasteiger partial charge in [0.05, 0.1) is 7.11 Å². The van der Waals surface area contributed by atoms with Crippen LogP contribution >= 0.6 is 0 Å². The summed E-state index contributed by atoms with van der Waals surface area (Å²) in [4.78, 5) is 11.6. The number of rotatable bonds is 5. The normalized spacial score (nSPS) is 31.9. The number of hydrogen-bond acceptors (Lipinski definition) is 3. The molecule has 2 bridgehead atoms. The number of carbonyl (C=O) groups is 1. The van der Waals surface area contributed by atoms with Gasteiger partial charge in [0.2, 0.25) is 0 Å². The van der Waals surface area contributed by atoms with Crippen molar-refractivity contribution in [2.75, 3.05) is 7.11 Å². The summed E-state index contributed by atoms with van der Waals surface area (Å²) < 4.78 is 4.78. The second-order valence-corrected chi connectivity index (χ2v) is 6.62. The van der Waals surface area contributed by atoms with Crippen molar-refractivity contribution in [2.45, 2.75) is 50.5 Å². The topological polar surface area (TPSA) is 52.3 Å². The molecule has 0 amide bonds. The van der Waals surface area contributed by atoms with E-state index in [4.69, 9.17) is 10.5 Å². The highest BCUT2D eigenvalue weighted by Crippen LogP contribution is 2.74. The minimum atomic E-state index is -0.450. The Hall–Kier alpha value is -1.35. The molecule has 2 N–H and O–H groups in total. The van der Waals surface area contributed by atoms with Gasteiger partial charge in [-0.25, -0.2) is 0 Å². The molecule has 0 aliphatic heterocycles. The minimum Gasteiger partial charge on any atom is -0.468 e. The summed E-state index contributed by atoms with van der Waals surface area (Å²) in [5.41, 5.74) is 9.15. The van der Waals surface area contributed by atoms with Crippen LogP contribution in [0.25, 0.3) is 0 Å². The average Bonchev–Trinajstić information content (AvgIpc) is 2.37. The van der Waals surface area contributed by atoms with Crippen molar-refractivity contribution in [3.05, 3.63) is 35.4 Å². The van der Waals surface area contributed by atoms with Gasteiger partial charge < -0.3 is 10.5 Å². The molecule has 3 saturated carbocycles. The van der Waals surface area contributed by atoms with Gasteiger partial charge in [-0.3, -0.25) is 4.79 Å². The third kappa shape index (κ3) is 1.80. The zero-order chi connectivity index (χ0) is 14.4. The fraction of sp³-hybridized carbons (Fsp3) is 0.588. The fourth-order valence-electron chi connectivity index (χ4n) is 4.19. The Bertz CT molecular complexity index is 501. The van der Waals surface area contributed by atoms with Crippen LogP contribution < -0.4 is 5.73 Å². The first kappa shape index (κ1) is 13.6. The number of methoxy groups -OCH3 is 1. The number of aryl methyl sites for hydroxylation is 1. The van der Waals surface area contributed by atoms with Crippen LogP contribution in [-0.4, -0.2) is 19.1 Å². The van der Waals surface area contributed by atoms with Gasteiger partial charge in [-0.2, -0.15) is 0 Å². The molecule has 3 aliphatic carbocycles. The summed E-state index contributed by atoms with van der Waals surface area (Å²) in [5.74, 6) is -0.267. The van der Waals surface area contributed by atoms with Crippen LogP contribution in [0, 0.1) is 5.41 Å². The quantitative estimate of drug-likeness (QED) is 0.839. The Morgan fingerprint density at radius 2 is 1.90 bits per heavy atom. The molecule has 3 nitrogen and oxygen atoms in total. The van der Waals surface area contributed by atoms with E-state index in [1.54, 1.807) is 0 Å². The minimum absolute atomic E-state index is 0.00911. The van der Waals surface area contributed by atoms with Gasteiger partial charge in [0.25, 0.3) is 0 Å². The van der Waals surface area contributed by atoms with E-state index < -0.39 is 6.04 Å². The number of hydrogen-bond donors (Lipinski definition) is 1. The lowest BCUT2D eigenvalue weighted by Gasteiger charge is -2.72. The molecule has 0 saturated heterocycles. The Morgan fingerprint density at radius 1 is 1.30 bits per heavy atom. The lowest BCUT2D eigenvalue weighted by Crippen LogP contribution is -2.72. The van der Waals surface area contributed by atoms with Crippen molar-refractivity contribution >= 4 is 5.97 Å². The van der Waals surface area contributed by atoms with Crippen molar-refractivity contribution in [3.63, 3.8) is 0 Å². The molecular formula is C17H23NO2. The van der Waals surface area contributed by atoms with Crippen LogP contribution in [0.4, 0.5) is 0 Å². The summed E-state index contributed by atoms with van der Waals surface area (Å²) >= 11 is 0. The Balaban J connectivity index is 1.67. The number of esters is 1. The van der Waals surface area contributed by atoms with Gasteiger partial charge in [0.15, 0.2) is 0 Å². The van der Waals surface area contributed by atoms with Crippen LogP contribution in [0.15, 0.2) is 24.3 Å². The highest BCUT2D eigenvalue weighted by atomic mass is 16.5. The summed E-state index contributed by atoms with van der Waals surface area (Å²) in [5, 5.41) is 0. The fourth-order valence-corrected chi connectivity index (χ4v) is 4.19. The van der Waals surface area contributed by atoms with Crippen molar-refractivity contribution < 1.29 is 9.53 Å². The maximum Gasteiger partial charge on any atom is 0.323 e. The monoisotopic (exact) mass is 273 g/mol. The highest BCUT2D eigenvalue weighted by molar-refractivity contribution is 5.77. The van der Waals surface area contributed by atoms with Crippen molar-refractivity contribution in [3.8, 4) is 0 Å². The van der Waals surface area contributed by atoms with Crippen LogP contribution in [0.3, 0.4) is 0 Å². The van der Waals surface area contributed by atoms with Gasteiger partial charge in [-0.05, 0) is 47.6 Å². The van der Waals surface area contributed by atoms with Gasteiger partial charge in [-0.1, -0.05) is 37.6 Å². The SMILES string of the molecule is CCCc1ccc(C23CC(C(N)C(=O)OC)(C2)C3)cc1. The van der Waals surface area contributed by atoms with Gasteiger partial charge in [0, 0.05) is 0 Å². The molecule has 1 aromatic rings. The average molecular weight is 273 g/mol. The maximum atomic E-state index is 11.6. The predicted octanol–water partition coefficient (Wildman–Crippen LogP) is 2.56. The molecule has 4 rings (SSSR count). The zero-order valence-electron chi connectivity index (χ0n) is 12.3. The second kappa shape index (κ2) is 4.59. The summed E-state index contributed by atoms with van der Waals surface area (Å²) in [6.07, 6.45) is 5.42. The van der Waals surface area contributed by atoms with E-state index in [0.717, 1.165) is 25.7 Å². The molecular weight excluding hydrogens is 250 g/mol. The van der Waals surface area contributed by atoms with E-state index in [1.807, 2.05) is 0 Å². The first-order valence-electron chi connectivity index (χ1n) is 7.48.